The average molecular weight is 427 g/mol. The number of aromatic hydroxyl groups is 1. The van der Waals surface area contributed by atoms with Crippen LogP contribution in [0, 0.1) is 33.3 Å². The zero-order chi connectivity index (χ0) is 22.3. The number of phenolic OH excluding ortho intramolecular Hbond substituents is 1. The molecule has 0 aliphatic rings. The van der Waals surface area contributed by atoms with Crippen LogP contribution in [0.2, 0.25) is 5.02 Å². The molecule has 30 heavy (non-hydrogen) atoms. The highest BCUT2D eigenvalue weighted by Crippen LogP contribution is 2.36. The van der Waals surface area contributed by atoms with Gasteiger partial charge < -0.3 is 15.1 Å². The first-order valence-corrected chi connectivity index (χ1v) is 8.75. The van der Waals surface area contributed by atoms with E-state index in [1.165, 1.54) is 7.05 Å². The zero-order valence-electron chi connectivity index (χ0n) is 15.7. The molecule has 0 saturated carbocycles. The van der Waals surface area contributed by atoms with Crippen molar-refractivity contribution in [3.63, 3.8) is 0 Å². The Kier molecular flexibility index (Phi) is 7.34. The lowest BCUT2D eigenvalue weighted by Gasteiger charge is -2.14. The lowest BCUT2D eigenvalue weighted by atomic mass is 10.1. The van der Waals surface area contributed by atoms with Gasteiger partial charge in [0, 0.05) is 24.9 Å². The van der Waals surface area contributed by atoms with Crippen molar-refractivity contribution < 1.29 is 19.9 Å². The number of hydrogen-bond donors (Lipinski definition) is 2. The van der Waals surface area contributed by atoms with E-state index in [1.54, 1.807) is 24.4 Å². The van der Waals surface area contributed by atoms with Gasteiger partial charge in [-0.2, -0.15) is 5.26 Å². The van der Waals surface area contributed by atoms with Crippen molar-refractivity contribution in [3.8, 4) is 23.7 Å². The minimum Gasteiger partial charge on any atom is -0.506 e. The molecule has 0 bridgehead atoms. The minimum absolute atomic E-state index is 0.0272. The van der Waals surface area contributed by atoms with Gasteiger partial charge in [-0.1, -0.05) is 29.5 Å². The number of nitrogens with zero attached hydrogens (tertiary/aromatic N) is 4. The number of phenols is 1. The Morgan fingerprint density at radius 2 is 2.10 bits per heavy atom. The van der Waals surface area contributed by atoms with Gasteiger partial charge in [-0.25, -0.2) is 0 Å². The predicted octanol–water partition coefficient (Wildman–Crippen LogP) is 2.85. The van der Waals surface area contributed by atoms with Crippen LogP contribution in [0.25, 0.3) is 5.76 Å². The quantitative estimate of drug-likeness (QED) is 0.187. The van der Waals surface area contributed by atoms with E-state index < -0.39 is 38.6 Å². The zero-order valence-corrected chi connectivity index (χ0v) is 16.4. The maximum Gasteiger partial charge on any atom is 0.313 e. The van der Waals surface area contributed by atoms with Crippen LogP contribution in [-0.4, -0.2) is 44.5 Å². The van der Waals surface area contributed by atoms with Gasteiger partial charge in [0.2, 0.25) is 5.75 Å². The molecule has 0 fully saturated rings. The number of rotatable bonds is 5. The highest BCUT2D eigenvalue weighted by atomic mass is 35.5. The highest BCUT2D eigenvalue weighted by molar-refractivity contribution is 6.32. The van der Waals surface area contributed by atoms with Crippen LogP contribution in [0.15, 0.2) is 42.1 Å². The molecule has 9 nitrogen and oxygen atoms in total. The van der Waals surface area contributed by atoms with Gasteiger partial charge in [0.25, 0.3) is 5.91 Å². The lowest BCUT2D eigenvalue weighted by Crippen LogP contribution is -2.28. The Hall–Kier alpha value is -4.08. The Balaban J connectivity index is 2.23. The average Bonchev–Trinajstić information content (AvgIpc) is 2.73. The Bertz CT molecular complexity index is 1110. The normalized spacial score (nSPS) is 10.8. The monoisotopic (exact) mass is 426 g/mol. The van der Waals surface area contributed by atoms with E-state index in [2.05, 4.69) is 16.8 Å². The number of nitro benzene ring substituents is 1. The summed E-state index contributed by atoms with van der Waals surface area (Å²) >= 11 is 5.74. The van der Waals surface area contributed by atoms with Crippen LogP contribution in [0.5, 0.6) is 5.75 Å². The lowest BCUT2D eigenvalue weighted by molar-refractivity contribution is -0.385. The standard InChI is InChI=1S/C20H15ClN4O5/c1-24(9-5-3-7-14-6-2-4-8-23-14)20(28)15(12-22)18(26)13-10-16(21)19(27)17(11-13)25(29)30/h2,4,6,8,10-11,26-27H,7,9H2,1H3/b18-15-. The fourth-order valence-electron chi connectivity index (χ4n) is 2.30. The summed E-state index contributed by atoms with van der Waals surface area (Å²) in [6.07, 6.45) is 2.02. The maximum atomic E-state index is 12.5. The number of benzene rings is 1. The third kappa shape index (κ3) is 5.25. The van der Waals surface area contributed by atoms with Crippen molar-refractivity contribution >= 4 is 29.0 Å². The second kappa shape index (κ2) is 9.92. The number of aliphatic hydroxyl groups excluding tert-OH is 1. The number of nitro groups is 1. The van der Waals surface area contributed by atoms with Crippen molar-refractivity contribution in [1.29, 1.82) is 5.26 Å². The number of likely N-dealkylation sites (N-methyl/N-ethyl adjacent to an activating group) is 1. The van der Waals surface area contributed by atoms with Crippen LogP contribution in [0.3, 0.4) is 0 Å². The molecule has 0 unspecified atom stereocenters. The molecule has 2 aromatic rings. The largest absolute Gasteiger partial charge is 0.506 e. The number of pyridine rings is 1. The summed E-state index contributed by atoms with van der Waals surface area (Å²) in [7, 11) is 1.38. The number of nitriles is 1. The Morgan fingerprint density at radius 1 is 1.37 bits per heavy atom. The van der Waals surface area contributed by atoms with E-state index in [-0.39, 0.29) is 12.1 Å². The van der Waals surface area contributed by atoms with Crippen LogP contribution in [-0.2, 0) is 11.2 Å². The molecule has 0 aliphatic carbocycles. The summed E-state index contributed by atoms with van der Waals surface area (Å²) in [5.41, 5.74) is -0.924. The second-order valence-electron chi connectivity index (χ2n) is 5.93. The molecule has 2 N–H and O–H groups in total. The minimum atomic E-state index is -0.908. The Morgan fingerprint density at radius 3 is 2.70 bits per heavy atom. The fraction of sp³-hybridized carbons (Fsp3) is 0.150. The van der Waals surface area contributed by atoms with E-state index in [4.69, 9.17) is 11.6 Å². The molecule has 0 spiro atoms. The number of aliphatic hydroxyl groups is 1. The summed E-state index contributed by atoms with van der Waals surface area (Å²) in [6.45, 7) is -0.0272. The van der Waals surface area contributed by atoms with Crippen molar-refractivity contribution in [2.24, 2.45) is 0 Å². The molecule has 1 heterocycles. The number of hydrogen-bond acceptors (Lipinski definition) is 7. The molecule has 1 aromatic heterocycles. The predicted molar refractivity (Wildman–Crippen MR) is 108 cm³/mol. The molecule has 0 atom stereocenters. The van der Waals surface area contributed by atoms with Crippen molar-refractivity contribution in [1.82, 2.24) is 9.88 Å². The van der Waals surface area contributed by atoms with Crippen molar-refractivity contribution in [3.05, 3.63) is 68.5 Å². The summed E-state index contributed by atoms with van der Waals surface area (Å²) < 4.78 is 0. The first-order valence-electron chi connectivity index (χ1n) is 8.38. The first kappa shape index (κ1) is 22.2. The van der Waals surface area contributed by atoms with Crippen LogP contribution in [0.4, 0.5) is 5.69 Å². The van der Waals surface area contributed by atoms with Gasteiger partial charge in [-0.15, -0.1) is 0 Å². The molecular weight excluding hydrogens is 412 g/mol. The van der Waals surface area contributed by atoms with Crippen LogP contribution < -0.4 is 0 Å². The summed E-state index contributed by atoms with van der Waals surface area (Å²) in [4.78, 5) is 27.8. The summed E-state index contributed by atoms with van der Waals surface area (Å²) in [5.74, 6) is 3.19. The third-order valence-corrected chi connectivity index (χ3v) is 4.15. The van der Waals surface area contributed by atoms with Crippen LogP contribution >= 0.6 is 11.6 Å². The first-order chi connectivity index (χ1) is 14.3. The van der Waals surface area contributed by atoms with Gasteiger partial charge in [-0.05, 0) is 18.2 Å². The molecule has 1 amide bonds. The topological polar surface area (TPSA) is 141 Å². The molecule has 1 aromatic carbocycles. The second-order valence-corrected chi connectivity index (χ2v) is 6.34. The van der Waals surface area contributed by atoms with Crippen molar-refractivity contribution in [2.45, 2.75) is 6.42 Å². The number of carbonyl (C=O) groups excluding carboxylic acids is 1. The molecule has 0 radical (unpaired) electrons. The van der Waals surface area contributed by atoms with Crippen molar-refractivity contribution in [2.75, 3.05) is 13.6 Å². The molecule has 0 saturated heterocycles. The van der Waals surface area contributed by atoms with E-state index in [9.17, 15) is 30.4 Å². The number of aromatic nitrogens is 1. The van der Waals surface area contributed by atoms with Gasteiger partial charge >= 0.3 is 5.69 Å². The highest BCUT2D eigenvalue weighted by Gasteiger charge is 2.24. The summed E-state index contributed by atoms with van der Waals surface area (Å²) in [6, 6.07) is 8.82. The van der Waals surface area contributed by atoms with E-state index in [1.807, 2.05) is 6.07 Å². The number of amides is 1. The van der Waals surface area contributed by atoms with E-state index in [0.29, 0.717) is 6.42 Å². The summed E-state index contributed by atoms with van der Waals surface area (Å²) in [5, 5.41) is 39.9. The molecule has 2 rings (SSSR count). The number of carbonyl (C=O) groups is 1. The van der Waals surface area contributed by atoms with E-state index in [0.717, 1.165) is 22.7 Å². The third-order valence-electron chi connectivity index (χ3n) is 3.86. The van der Waals surface area contributed by atoms with Gasteiger partial charge in [-0.3, -0.25) is 19.9 Å². The van der Waals surface area contributed by atoms with Crippen LogP contribution in [0.1, 0.15) is 11.3 Å². The molecule has 152 valence electrons. The van der Waals surface area contributed by atoms with Gasteiger partial charge in [0.05, 0.1) is 28.6 Å². The van der Waals surface area contributed by atoms with E-state index >= 15 is 0 Å². The Labute approximate surface area is 176 Å². The van der Waals surface area contributed by atoms with Gasteiger partial charge in [0.1, 0.15) is 11.8 Å². The van der Waals surface area contributed by atoms with Gasteiger partial charge in [0.15, 0.2) is 5.57 Å². The molecule has 10 heteroatoms. The SMILES string of the molecule is CN(CC#CCc1ccccn1)C(=O)/C(C#N)=C(\O)c1cc(Cl)c(O)c([N+](=O)[O-])c1. The smallest absolute Gasteiger partial charge is 0.313 e. The number of halogens is 1. The fourth-order valence-corrected chi connectivity index (χ4v) is 2.51. The maximum absolute atomic E-state index is 12.5. The molecular formula is C20H15ClN4O5. The molecule has 0 aliphatic heterocycles.